The lowest BCUT2D eigenvalue weighted by Gasteiger charge is -1.91. The summed E-state index contributed by atoms with van der Waals surface area (Å²) < 4.78 is 0. The molecule has 0 aromatic heterocycles. The van der Waals surface area contributed by atoms with Gasteiger partial charge in [0.15, 0.2) is 0 Å². The second-order valence-electron chi connectivity index (χ2n) is 2.76. The third-order valence-electron chi connectivity index (χ3n) is 1.65. The van der Waals surface area contributed by atoms with Crippen molar-refractivity contribution in [3.63, 3.8) is 0 Å². The fourth-order valence-electron chi connectivity index (χ4n) is 1.02. The van der Waals surface area contributed by atoms with E-state index < -0.39 is 0 Å². The second kappa shape index (κ2) is 6.86. The van der Waals surface area contributed by atoms with Gasteiger partial charge in [0, 0.05) is 23.4 Å². The Kier molecular flexibility index (Phi) is 4.95. The van der Waals surface area contributed by atoms with Crippen LogP contribution in [-0.4, -0.2) is 12.6 Å². The largest absolute Gasteiger partial charge is 0.240 e. The van der Waals surface area contributed by atoms with Crippen LogP contribution in [0.2, 0.25) is 0 Å². The number of carbonyl (C=O) groups excluding carboxylic acids is 1. The van der Waals surface area contributed by atoms with Crippen LogP contribution in [-0.2, 0) is 4.79 Å². The maximum absolute atomic E-state index is 10.0. The molecule has 0 fully saturated rings. The van der Waals surface area contributed by atoms with E-state index in [0.29, 0.717) is 18.7 Å². The van der Waals surface area contributed by atoms with Crippen molar-refractivity contribution in [3.8, 4) is 11.8 Å². The zero-order chi connectivity index (χ0) is 11.6. The van der Waals surface area contributed by atoms with E-state index in [1.165, 1.54) is 6.08 Å². The van der Waals surface area contributed by atoms with Crippen molar-refractivity contribution in [1.29, 1.82) is 0 Å². The molecule has 0 saturated carbocycles. The van der Waals surface area contributed by atoms with Crippen molar-refractivity contribution in [2.24, 2.45) is 10.1 Å². The maximum atomic E-state index is 10.0. The fraction of sp³-hybridized carbons (Fsp3) is 0.182. The molecule has 0 aliphatic carbocycles. The quantitative estimate of drug-likeness (QED) is 0.144. The van der Waals surface area contributed by atoms with Crippen LogP contribution in [0.15, 0.2) is 34.4 Å². The highest BCUT2D eigenvalue weighted by Gasteiger charge is 1.90. The molecule has 0 unspecified atom stereocenters. The summed E-state index contributed by atoms with van der Waals surface area (Å²) >= 11 is 0. The van der Waals surface area contributed by atoms with E-state index in [9.17, 15) is 4.79 Å². The molecule has 0 bridgehead atoms. The molecule has 0 N–H and O–H groups in total. The van der Waals surface area contributed by atoms with E-state index in [1.807, 2.05) is 6.07 Å². The monoisotopic (exact) mass is 212 g/mol. The Morgan fingerprint density at radius 2 is 2.31 bits per heavy atom. The number of hydrogen-bond acceptors (Lipinski definition) is 3. The van der Waals surface area contributed by atoms with Crippen LogP contribution in [0.1, 0.15) is 12.0 Å². The molecule has 0 atom stereocenters. The highest BCUT2D eigenvalue weighted by Crippen LogP contribution is 2.12. The molecule has 1 aromatic rings. The summed E-state index contributed by atoms with van der Waals surface area (Å²) in [4.78, 5) is 16.1. The van der Waals surface area contributed by atoms with E-state index in [4.69, 9.17) is 5.53 Å². The van der Waals surface area contributed by atoms with Gasteiger partial charge in [0.2, 0.25) is 6.08 Å². The van der Waals surface area contributed by atoms with Crippen LogP contribution >= 0.6 is 0 Å². The van der Waals surface area contributed by atoms with Gasteiger partial charge < -0.3 is 0 Å². The van der Waals surface area contributed by atoms with Crippen LogP contribution in [0, 0.1) is 11.8 Å². The number of isocyanates is 1. The van der Waals surface area contributed by atoms with Gasteiger partial charge in [-0.05, 0) is 23.7 Å². The van der Waals surface area contributed by atoms with Gasteiger partial charge in [-0.2, -0.15) is 4.99 Å². The molecule has 5 nitrogen and oxygen atoms in total. The first kappa shape index (κ1) is 11.5. The Bertz CT molecular complexity index is 514. The lowest BCUT2D eigenvalue weighted by atomic mass is 10.2. The normalized spacial score (nSPS) is 8.00. The molecular formula is C11H8N4O. The highest BCUT2D eigenvalue weighted by atomic mass is 16.1. The van der Waals surface area contributed by atoms with Crippen LogP contribution in [0.4, 0.5) is 5.69 Å². The highest BCUT2D eigenvalue weighted by molar-refractivity contribution is 5.52. The Labute approximate surface area is 92.4 Å². The van der Waals surface area contributed by atoms with Gasteiger partial charge in [-0.25, -0.2) is 4.79 Å². The summed E-state index contributed by atoms with van der Waals surface area (Å²) in [5, 5.41) is 3.36. The Morgan fingerprint density at radius 1 is 1.44 bits per heavy atom. The SMILES string of the molecule is [N-]=[N+]=NCCC#Cc1cccc(N=C=O)c1. The van der Waals surface area contributed by atoms with Crippen LogP contribution in [0.25, 0.3) is 10.4 Å². The molecule has 0 aliphatic rings. The Hall–Kier alpha value is -2.53. The summed E-state index contributed by atoms with van der Waals surface area (Å²) in [7, 11) is 0. The van der Waals surface area contributed by atoms with Gasteiger partial charge in [-0.15, -0.1) is 0 Å². The summed E-state index contributed by atoms with van der Waals surface area (Å²) in [5.41, 5.74) is 9.33. The lowest BCUT2D eigenvalue weighted by molar-refractivity contribution is 0.565. The summed E-state index contributed by atoms with van der Waals surface area (Å²) in [6.45, 7) is 0.357. The van der Waals surface area contributed by atoms with E-state index in [2.05, 4.69) is 26.9 Å². The van der Waals surface area contributed by atoms with Crippen molar-refractivity contribution < 1.29 is 4.79 Å². The lowest BCUT2D eigenvalue weighted by Crippen LogP contribution is -1.76. The van der Waals surface area contributed by atoms with Gasteiger partial charge in [-0.3, -0.25) is 0 Å². The predicted octanol–water partition coefficient (Wildman–Crippen LogP) is 2.71. The maximum Gasteiger partial charge on any atom is 0.240 e. The number of nitrogens with zero attached hydrogens (tertiary/aromatic N) is 4. The molecule has 5 heteroatoms. The van der Waals surface area contributed by atoms with Crippen molar-refractivity contribution in [1.82, 2.24) is 0 Å². The van der Waals surface area contributed by atoms with Crippen molar-refractivity contribution >= 4 is 11.8 Å². The molecular weight excluding hydrogens is 204 g/mol. The first-order chi connectivity index (χ1) is 7.86. The van der Waals surface area contributed by atoms with Gasteiger partial charge in [0.05, 0.1) is 5.69 Å². The minimum absolute atomic E-state index is 0.357. The molecule has 0 heterocycles. The third kappa shape index (κ3) is 4.12. The smallest absolute Gasteiger partial charge is 0.211 e. The Morgan fingerprint density at radius 3 is 3.06 bits per heavy atom. The Balaban J connectivity index is 2.69. The molecule has 0 radical (unpaired) electrons. The molecule has 0 spiro atoms. The third-order valence-corrected chi connectivity index (χ3v) is 1.65. The first-order valence-electron chi connectivity index (χ1n) is 4.54. The molecule has 1 rings (SSSR count). The molecule has 0 aliphatic heterocycles. The van der Waals surface area contributed by atoms with Crippen LogP contribution in [0.3, 0.4) is 0 Å². The standard InChI is InChI=1S/C11H8N4O/c12-15-14-7-2-1-4-10-5-3-6-11(8-10)13-9-16/h3,5-6,8H,2,7H2. The summed E-state index contributed by atoms with van der Waals surface area (Å²) in [5.74, 6) is 5.73. The van der Waals surface area contributed by atoms with E-state index in [0.717, 1.165) is 5.56 Å². The first-order valence-corrected chi connectivity index (χ1v) is 4.54. The van der Waals surface area contributed by atoms with Crippen LogP contribution < -0.4 is 0 Å². The van der Waals surface area contributed by atoms with Crippen molar-refractivity contribution in [2.75, 3.05) is 6.54 Å². The zero-order valence-electron chi connectivity index (χ0n) is 8.42. The molecule has 0 amide bonds. The molecule has 78 valence electrons. The van der Waals surface area contributed by atoms with Gasteiger partial charge >= 0.3 is 0 Å². The van der Waals surface area contributed by atoms with Crippen LogP contribution in [0.5, 0.6) is 0 Å². The minimum atomic E-state index is 0.357. The number of aliphatic imine (C=N–C) groups is 1. The van der Waals surface area contributed by atoms with Crippen molar-refractivity contribution in [2.45, 2.75) is 6.42 Å². The number of benzene rings is 1. The topological polar surface area (TPSA) is 78.2 Å². The number of rotatable bonds is 3. The summed E-state index contributed by atoms with van der Waals surface area (Å²) in [6, 6.07) is 6.94. The second-order valence-corrected chi connectivity index (χ2v) is 2.76. The minimum Gasteiger partial charge on any atom is -0.211 e. The summed E-state index contributed by atoms with van der Waals surface area (Å²) in [6.07, 6.45) is 1.97. The zero-order valence-corrected chi connectivity index (χ0v) is 8.42. The van der Waals surface area contributed by atoms with E-state index in [-0.39, 0.29) is 0 Å². The van der Waals surface area contributed by atoms with E-state index in [1.54, 1.807) is 18.2 Å². The molecule has 16 heavy (non-hydrogen) atoms. The van der Waals surface area contributed by atoms with E-state index >= 15 is 0 Å². The predicted molar refractivity (Wildman–Crippen MR) is 59.7 cm³/mol. The fourth-order valence-corrected chi connectivity index (χ4v) is 1.02. The average Bonchev–Trinajstić information content (AvgIpc) is 2.30. The molecule has 0 saturated heterocycles. The molecule has 1 aromatic carbocycles. The van der Waals surface area contributed by atoms with Gasteiger partial charge in [0.1, 0.15) is 0 Å². The number of azide groups is 1. The average molecular weight is 212 g/mol. The number of hydrogen-bond donors (Lipinski definition) is 0. The van der Waals surface area contributed by atoms with Crippen molar-refractivity contribution in [3.05, 3.63) is 40.3 Å². The van der Waals surface area contributed by atoms with Gasteiger partial charge in [-0.1, -0.05) is 23.0 Å². The van der Waals surface area contributed by atoms with Gasteiger partial charge in [0.25, 0.3) is 0 Å².